The molecule has 0 radical (unpaired) electrons. The first-order chi connectivity index (χ1) is 8.72. The van der Waals surface area contributed by atoms with Gasteiger partial charge in [0, 0.05) is 12.5 Å². The molecule has 0 saturated carbocycles. The van der Waals surface area contributed by atoms with E-state index in [0.29, 0.717) is 24.7 Å². The van der Waals surface area contributed by atoms with Crippen molar-refractivity contribution in [3.05, 3.63) is 35.9 Å². The van der Waals surface area contributed by atoms with Gasteiger partial charge in [0.1, 0.15) is 11.6 Å². The second-order valence-electron chi connectivity index (χ2n) is 3.74. The fraction of sp³-hybridized carbons (Fsp3) is 0.231. The number of nitrogens with zero attached hydrogens (tertiary/aromatic N) is 1. The van der Waals surface area contributed by atoms with Crippen LogP contribution in [-0.4, -0.2) is 30.3 Å². The highest BCUT2D eigenvalue weighted by molar-refractivity contribution is 7.80. The van der Waals surface area contributed by atoms with E-state index in [0.717, 1.165) is 10.9 Å². The minimum absolute atomic E-state index is 0.278. The Morgan fingerprint density at radius 3 is 2.83 bits per heavy atom. The zero-order valence-corrected chi connectivity index (χ0v) is 10.9. The summed E-state index contributed by atoms with van der Waals surface area (Å²) >= 11 is 5.02. The fourth-order valence-corrected chi connectivity index (χ4v) is 1.75. The van der Waals surface area contributed by atoms with Gasteiger partial charge in [0.15, 0.2) is 0 Å². The highest BCUT2D eigenvalue weighted by Crippen LogP contribution is 2.22. The van der Waals surface area contributed by atoms with Crippen molar-refractivity contribution < 1.29 is 9.47 Å². The Hall–Kier alpha value is -1.72. The minimum atomic E-state index is 0.278. The van der Waals surface area contributed by atoms with Crippen LogP contribution in [0.5, 0.6) is 5.88 Å². The summed E-state index contributed by atoms with van der Waals surface area (Å²) in [6.07, 6.45) is 0. The average molecular weight is 262 g/mol. The van der Waals surface area contributed by atoms with Gasteiger partial charge in [0.25, 0.3) is 0 Å². The molecule has 0 aliphatic carbocycles. The van der Waals surface area contributed by atoms with Gasteiger partial charge in [-0.1, -0.05) is 30.4 Å². The molecule has 4 nitrogen and oxygen atoms in total. The predicted molar refractivity (Wildman–Crippen MR) is 75.0 cm³/mol. The molecular weight excluding hydrogens is 248 g/mol. The van der Waals surface area contributed by atoms with Gasteiger partial charge in [0.2, 0.25) is 5.88 Å². The third-order valence-corrected chi connectivity index (χ3v) is 2.70. The van der Waals surface area contributed by atoms with Crippen molar-refractivity contribution in [2.24, 2.45) is 5.73 Å². The number of nitrogens with two attached hydrogens (primary N) is 1. The van der Waals surface area contributed by atoms with E-state index in [1.54, 1.807) is 7.11 Å². The third kappa shape index (κ3) is 2.75. The molecule has 2 N–H and O–H groups in total. The minimum Gasteiger partial charge on any atom is -0.475 e. The number of para-hydroxylation sites is 1. The number of benzene rings is 1. The topological polar surface area (TPSA) is 57.4 Å². The molecule has 1 aromatic heterocycles. The lowest BCUT2D eigenvalue weighted by Gasteiger charge is -2.10. The lowest BCUT2D eigenvalue weighted by atomic mass is 10.1. The first-order valence-corrected chi connectivity index (χ1v) is 5.94. The molecule has 0 spiro atoms. The van der Waals surface area contributed by atoms with Crippen molar-refractivity contribution in [1.82, 2.24) is 4.98 Å². The molecule has 2 rings (SSSR count). The van der Waals surface area contributed by atoms with Gasteiger partial charge >= 0.3 is 0 Å². The summed E-state index contributed by atoms with van der Waals surface area (Å²) in [6.45, 7) is 0.905. The van der Waals surface area contributed by atoms with Crippen molar-refractivity contribution in [3.63, 3.8) is 0 Å². The van der Waals surface area contributed by atoms with Crippen molar-refractivity contribution in [2.45, 2.75) is 0 Å². The Labute approximate surface area is 111 Å². The lowest BCUT2D eigenvalue weighted by molar-refractivity contribution is 0.144. The van der Waals surface area contributed by atoms with Crippen LogP contribution in [0.15, 0.2) is 30.3 Å². The smallest absolute Gasteiger partial charge is 0.224 e. The molecule has 2 aromatic rings. The molecule has 5 heteroatoms. The van der Waals surface area contributed by atoms with E-state index in [4.69, 9.17) is 27.4 Å². The molecule has 94 valence electrons. The van der Waals surface area contributed by atoms with Crippen molar-refractivity contribution in [1.29, 1.82) is 0 Å². The largest absolute Gasteiger partial charge is 0.475 e. The Morgan fingerprint density at radius 2 is 2.11 bits per heavy atom. The van der Waals surface area contributed by atoms with Crippen LogP contribution in [0.1, 0.15) is 5.56 Å². The van der Waals surface area contributed by atoms with E-state index >= 15 is 0 Å². The monoisotopic (exact) mass is 262 g/mol. The predicted octanol–water partition coefficient (Wildman–Crippen LogP) is 1.89. The Morgan fingerprint density at radius 1 is 1.33 bits per heavy atom. The zero-order valence-electron chi connectivity index (χ0n) is 10.1. The van der Waals surface area contributed by atoms with Crippen LogP contribution in [0, 0.1) is 0 Å². The molecule has 0 atom stereocenters. The van der Waals surface area contributed by atoms with Crippen LogP contribution >= 0.6 is 12.2 Å². The summed E-state index contributed by atoms with van der Waals surface area (Å²) in [5, 5.41) is 0.986. The van der Waals surface area contributed by atoms with E-state index in [1.807, 2.05) is 30.3 Å². The second-order valence-corrected chi connectivity index (χ2v) is 4.18. The Balaban J connectivity index is 2.41. The summed E-state index contributed by atoms with van der Waals surface area (Å²) in [5.74, 6) is 0.457. The number of thiocarbonyl (C=S) groups is 1. The molecule has 0 amide bonds. The van der Waals surface area contributed by atoms with Crippen molar-refractivity contribution >= 4 is 28.1 Å². The molecule has 1 aromatic carbocycles. The molecule has 0 saturated heterocycles. The summed E-state index contributed by atoms with van der Waals surface area (Å²) in [7, 11) is 1.62. The maximum Gasteiger partial charge on any atom is 0.224 e. The molecule has 0 bridgehead atoms. The molecule has 0 unspecified atom stereocenters. The van der Waals surface area contributed by atoms with Gasteiger partial charge in [-0.15, -0.1) is 0 Å². The molecule has 1 heterocycles. The average Bonchev–Trinajstić information content (AvgIpc) is 2.38. The number of aromatic nitrogens is 1. The van der Waals surface area contributed by atoms with E-state index in [2.05, 4.69) is 4.98 Å². The number of pyridine rings is 1. The maximum atomic E-state index is 5.69. The van der Waals surface area contributed by atoms with Crippen molar-refractivity contribution in [2.75, 3.05) is 20.3 Å². The van der Waals surface area contributed by atoms with Crippen LogP contribution in [0.25, 0.3) is 10.9 Å². The van der Waals surface area contributed by atoms with Crippen LogP contribution in [0.3, 0.4) is 0 Å². The Bertz CT molecular complexity index is 572. The highest BCUT2D eigenvalue weighted by Gasteiger charge is 2.10. The summed E-state index contributed by atoms with van der Waals surface area (Å²) in [6, 6.07) is 9.64. The number of ether oxygens (including phenoxy) is 2. The van der Waals surface area contributed by atoms with Crippen LogP contribution in [0.4, 0.5) is 0 Å². The zero-order chi connectivity index (χ0) is 13.0. The number of hydrogen-bond acceptors (Lipinski definition) is 4. The summed E-state index contributed by atoms with van der Waals surface area (Å²) < 4.78 is 10.5. The summed E-state index contributed by atoms with van der Waals surface area (Å²) in [4.78, 5) is 4.70. The van der Waals surface area contributed by atoms with Gasteiger partial charge in [0.05, 0.1) is 17.7 Å². The molecule has 18 heavy (non-hydrogen) atoms. The quantitative estimate of drug-likeness (QED) is 0.658. The number of rotatable bonds is 5. The standard InChI is InChI=1S/C13H14N2O2S/c1-16-6-7-17-13-10(12(14)18)8-9-4-2-3-5-11(9)15-13/h2-5,8H,6-7H2,1H3,(H2,14,18). The first kappa shape index (κ1) is 12.7. The maximum absolute atomic E-state index is 5.69. The normalized spacial score (nSPS) is 10.5. The SMILES string of the molecule is COCCOc1nc2ccccc2cc1C(N)=S. The molecular formula is C13H14N2O2S. The highest BCUT2D eigenvalue weighted by atomic mass is 32.1. The van der Waals surface area contributed by atoms with E-state index in [-0.39, 0.29) is 4.99 Å². The lowest BCUT2D eigenvalue weighted by Crippen LogP contribution is -2.14. The van der Waals surface area contributed by atoms with E-state index < -0.39 is 0 Å². The van der Waals surface area contributed by atoms with Gasteiger partial charge in [-0.3, -0.25) is 0 Å². The number of hydrogen-bond donors (Lipinski definition) is 1. The second kappa shape index (κ2) is 5.75. The summed E-state index contributed by atoms with van der Waals surface area (Å²) in [5.41, 5.74) is 7.19. The third-order valence-electron chi connectivity index (χ3n) is 2.48. The Kier molecular flexibility index (Phi) is 4.07. The van der Waals surface area contributed by atoms with Gasteiger partial charge in [-0.25, -0.2) is 4.98 Å². The van der Waals surface area contributed by atoms with Crippen LogP contribution < -0.4 is 10.5 Å². The van der Waals surface area contributed by atoms with E-state index in [9.17, 15) is 0 Å². The number of methoxy groups -OCH3 is 1. The van der Waals surface area contributed by atoms with Crippen LogP contribution in [0.2, 0.25) is 0 Å². The first-order valence-electron chi connectivity index (χ1n) is 5.53. The molecule has 0 aliphatic heterocycles. The van der Waals surface area contributed by atoms with Crippen molar-refractivity contribution in [3.8, 4) is 5.88 Å². The fourth-order valence-electron chi connectivity index (χ4n) is 1.61. The van der Waals surface area contributed by atoms with Gasteiger partial charge in [-0.2, -0.15) is 0 Å². The van der Waals surface area contributed by atoms with Gasteiger partial charge in [-0.05, 0) is 12.1 Å². The molecule has 0 aliphatic rings. The van der Waals surface area contributed by atoms with Gasteiger partial charge < -0.3 is 15.2 Å². The number of fused-ring (bicyclic) bond motifs is 1. The van der Waals surface area contributed by atoms with Crippen LogP contribution in [-0.2, 0) is 4.74 Å². The van der Waals surface area contributed by atoms with E-state index in [1.165, 1.54) is 0 Å². The molecule has 0 fully saturated rings.